The maximum atomic E-state index is 14.0. The lowest BCUT2D eigenvalue weighted by molar-refractivity contribution is -0.135. The molecule has 0 bridgehead atoms. The Morgan fingerprint density at radius 3 is 2.45 bits per heavy atom. The van der Waals surface area contributed by atoms with Gasteiger partial charge in [-0.3, -0.25) is 4.79 Å². The van der Waals surface area contributed by atoms with E-state index in [1.54, 1.807) is 17.1 Å². The molecule has 1 heterocycles. The van der Waals surface area contributed by atoms with E-state index >= 15 is 0 Å². The number of benzene rings is 3. The van der Waals surface area contributed by atoms with Crippen molar-refractivity contribution in [3.8, 4) is 5.75 Å². The normalized spacial score (nSPS) is 20.9. The Balaban J connectivity index is 1.46. The molecule has 0 saturated heterocycles. The van der Waals surface area contributed by atoms with Gasteiger partial charge in [-0.2, -0.15) is 5.10 Å². The molecule has 33 heavy (non-hydrogen) atoms. The van der Waals surface area contributed by atoms with Crippen LogP contribution in [-0.4, -0.2) is 23.2 Å². The van der Waals surface area contributed by atoms with E-state index in [4.69, 9.17) is 9.84 Å². The van der Waals surface area contributed by atoms with E-state index in [-0.39, 0.29) is 30.2 Å². The Kier molecular flexibility index (Phi) is 6.03. The maximum absolute atomic E-state index is 14.0. The third-order valence-corrected chi connectivity index (χ3v) is 6.23. The minimum atomic E-state index is -0.487. The molecule has 1 aliphatic heterocycles. The molecule has 1 amide bonds. The number of carbonyl (C=O) groups excluding carboxylic acids is 1. The van der Waals surface area contributed by atoms with Crippen LogP contribution in [-0.2, 0) is 4.79 Å². The van der Waals surface area contributed by atoms with Gasteiger partial charge in [0.1, 0.15) is 0 Å². The van der Waals surface area contributed by atoms with Crippen molar-refractivity contribution in [2.24, 2.45) is 11.0 Å². The van der Waals surface area contributed by atoms with Crippen LogP contribution in [0.2, 0.25) is 0 Å². The lowest BCUT2D eigenvalue weighted by atomic mass is 9.77. The first-order valence-electron chi connectivity index (χ1n) is 11.3. The zero-order valence-electron chi connectivity index (χ0n) is 18.2. The van der Waals surface area contributed by atoms with E-state index in [0.717, 1.165) is 36.1 Å². The smallest absolute Gasteiger partial charge is 0.281 e. The molecular weight excluding hydrogens is 415 g/mol. The van der Waals surface area contributed by atoms with Crippen molar-refractivity contribution >= 4 is 17.7 Å². The van der Waals surface area contributed by atoms with E-state index in [1.807, 2.05) is 48.5 Å². The summed E-state index contributed by atoms with van der Waals surface area (Å²) in [4.78, 5) is 13.3. The number of nitrogens with zero attached hydrogens (tertiary/aromatic N) is 2. The topological polar surface area (TPSA) is 41.9 Å². The molecule has 0 N–H and O–H groups in total. The summed E-state index contributed by atoms with van der Waals surface area (Å²) in [5.41, 5.74) is 4.31. The zero-order chi connectivity index (χ0) is 22.6. The third kappa shape index (κ3) is 4.44. The fraction of sp³-hybridized carbons (Fsp3) is 0.214. The molecule has 3 aromatic carbocycles. The number of rotatable bonds is 5. The van der Waals surface area contributed by atoms with Gasteiger partial charge in [0.2, 0.25) is 0 Å². The van der Waals surface area contributed by atoms with Gasteiger partial charge in [-0.15, -0.1) is 0 Å². The van der Waals surface area contributed by atoms with Gasteiger partial charge in [0.05, 0.1) is 11.8 Å². The molecule has 5 rings (SSSR count). The average molecular weight is 441 g/mol. The van der Waals surface area contributed by atoms with E-state index in [9.17, 15) is 9.18 Å². The minimum absolute atomic E-state index is 0.0658. The Hall–Kier alpha value is -3.73. The van der Waals surface area contributed by atoms with E-state index in [1.165, 1.54) is 17.7 Å². The molecule has 2 atom stereocenters. The quantitative estimate of drug-likeness (QED) is 0.486. The average Bonchev–Trinajstić information content (AvgIpc) is 3.25. The molecule has 5 heteroatoms. The molecule has 0 aromatic heterocycles. The first-order chi connectivity index (χ1) is 16.2. The van der Waals surface area contributed by atoms with Crippen molar-refractivity contribution in [1.82, 2.24) is 5.01 Å². The highest BCUT2D eigenvalue weighted by Crippen LogP contribution is 2.44. The van der Waals surface area contributed by atoms with Crippen LogP contribution in [0.5, 0.6) is 5.75 Å². The SMILES string of the molecule is O=C(COc1ccccc1F)N1N=C2C(=Cc3ccccc3)CCCC2C1c1ccccc1. The summed E-state index contributed by atoms with van der Waals surface area (Å²) in [7, 11) is 0. The number of fused-ring (bicyclic) bond motifs is 1. The predicted octanol–water partition coefficient (Wildman–Crippen LogP) is 6.03. The summed E-state index contributed by atoms with van der Waals surface area (Å²) in [6, 6.07) is 26.1. The van der Waals surface area contributed by atoms with Crippen LogP contribution in [0.1, 0.15) is 36.4 Å². The summed E-state index contributed by atoms with van der Waals surface area (Å²) in [6.45, 7) is -0.272. The molecule has 166 valence electrons. The maximum Gasteiger partial charge on any atom is 0.281 e. The predicted molar refractivity (Wildman–Crippen MR) is 127 cm³/mol. The van der Waals surface area contributed by atoms with Crippen LogP contribution in [0.15, 0.2) is 95.6 Å². The first kappa shape index (κ1) is 21.1. The van der Waals surface area contributed by atoms with Gasteiger partial charge < -0.3 is 4.74 Å². The molecule has 3 aromatic rings. The fourth-order valence-electron chi connectivity index (χ4n) is 4.71. The minimum Gasteiger partial charge on any atom is -0.481 e. The van der Waals surface area contributed by atoms with Crippen molar-refractivity contribution in [2.45, 2.75) is 25.3 Å². The van der Waals surface area contributed by atoms with Crippen molar-refractivity contribution in [3.05, 3.63) is 107 Å². The van der Waals surface area contributed by atoms with Gasteiger partial charge in [-0.25, -0.2) is 9.40 Å². The van der Waals surface area contributed by atoms with Crippen LogP contribution in [0.4, 0.5) is 4.39 Å². The highest BCUT2D eigenvalue weighted by molar-refractivity contribution is 6.08. The highest BCUT2D eigenvalue weighted by atomic mass is 19.1. The van der Waals surface area contributed by atoms with Crippen LogP contribution in [0.25, 0.3) is 6.08 Å². The number of carbonyl (C=O) groups is 1. The Bertz CT molecular complexity index is 1190. The monoisotopic (exact) mass is 440 g/mol. The summed E-state index contributed by atoms with van der Waals surface area (Å²) >= 11 is 0. The molecule has 1 saturated carbocycles. The number of hydrogen-bond donors (Lipinski definition) is 0. The van der Waals surface area contributed by atoms with Gasteiger partial charge in [0.15, 0.2) is 18.2 Å². The van der Waals surface area contributed by atoms with E-state index in [0.29, 0.717) is 0 Å². The number of hydrogen-bond acceptors (Lipinski definition) is 3. The van der Waals surface area contributed by atoms with Gasteiger partial charge in [-0.1, -0.05) is 72.8 Å². The molecule has 1 aliphatic carbocycles. The van der Waals surface area contributed by atoms with Crippen molar-refractivity contribution in [2.75, 3.05) is 6.61 Å². The number of allylic oxidation sites excluding steroid dienone is 1. The summed E-state index contributed by atoms with van der Waals surface area (Å²) in [5, 5.41) is 6.39. The van der Waals surface area contributed by atoms with E-state index in [2.05, 4.69) is 18.2 Å². The lowest BCUT2D eigenvalue weighted by Gasteiger charge is -2.29. The zero-order valence-corrected chi connectivity index (χ0v) is 18.2. The molecular formula is C28H25FN2O2. The van der Waals surface area contributed by atoms with Crippen LogP contribution in [0, 0.1) is 11.7 Å². The second kappa shape index (κ2) is 9.41. The first-order valence-corrected chi connectivity index (χ1v) is 11.3. The number of halogens is 1. The third-order valence-electron chi connectivity index (χ3n) is 6.23. The lowest BCUT2D eigenvalue weighted by Crippen LogP contribution is -2.34. The van der Waals surface area contributed by atoms with Gasteiger partial charge in [0.25, 0.3) is 5.91 Å². The molecule has 2 aliphatic rings. The Morgan fingerprint density at radius 2 is 1.70 bits per heavy atom. The Morgan fingerprint density at radius 1 is 1.00 bits per heavy atom. The molecule has 2 unspecified atom stereocenters. The van der Waals surface area contributed by atoms with Crippen molar-refractivity contribution < 1.29 is 13.9 Å². The number of ether oxygens (including phenoxy) is 1. The second-order valence-electron chi connectivity index (χ2n) is 8.38. The Labute approximate surface area is 193 Å². The molecule has 0 spiro atoms. The van der Waals surface area contributed by atoms with Gasteiger partial charge >= 0.3 is 0 Å². The summed E-state index contributed by atoms with van der Waals surface area (Å²) in [5.74, 6) is -0.586. The van der Waals surface area contributed by atoms with Crippen molar-refractivity contribution in [3.63, 3.8) is 0 Å². The van der Waals surface area contributed by atoms with Crippen LogP contribution < -0.4 is 4.74 Å². The van der Waals surface area contributed by atoms with Crippen molar-refractivity contribution in [1.29, 1.82) is 0 Å². The summed E-state index contributed by atoms with van der Waals surface area (Å²) < 4.78 is 19.5. The number of amides is 1. The molecule has 4 nitrogen and oxygen atoms in total. The van der Waals surface area contributed by atoms with Gasteiger partial charge in [0, 0.05) is 5.92 Å². The number of para-hydroxylation sites is 1. The number of hydrazone groups is 1. The highest BCUT2D eigenvalue weighted by Gasteiger charge is 2.43. The standard InChI is InChI=1S/C28H25FN2O2/c29-24-16-7-8-17-25(24)33-19-26(32)31-28(21-12-5-2-6-13-21)23-15-9-14-22(27(23)30-31)18-20-10-3-1-4-11-20/h1-8,10-13,16-18,23,28H,9,14-15,19H2. The fourth-order valence-corrected chi connectivity index (χ4v) is 4.71. The summed E-state index contributed by atoms with van der Waals surface area (Å²) in [6.07, 6.45) is 5.11. The van der Waals surface area contributed by atoms with Gasteiger partial charge in [-0.05, 0) is 54.2 Å². The van der Waals surface area contributed by atoms with Crippen LogP contribution in [0.3, 0.4) is 0 Å². The second-order valence-corrected chi connectivity index (χ2v) is 8.38. The molecule has 1 fully saturated rings. The van der Waals surface area contributed by atoms with Crippen LogP contribution >= 0.6 is 0 Å². The molecule has 0 radical (unpaired) electrons. The van der Waals surface area contributed by atoms with E-state index < -0.39 is 5.82 Å². The largest absolute Gasteiger partial charge is 0.481 e.